The molecule has 6 nitrogen and oxygen atoms in total. The fourth-order valence-electron chi connectivity index (χ4n) is 1.45. The van der Waals surface area contributed by atoms with Gasteiger partial charge in [-0.2, -0.15) is 0 Å². The summed E-state index contributed by atoms with van der Waals surface area (Å²) in [6, 6.07) is 3.26. The van der Waals surface area contributed by atoms with Crippen LogP contribution in [0.3, 0.4) is 0 Å². The Bertz CT molecular complexity index is 440. The minimum absolute atomic E-state index is 0.208. The van der Waals surface area contributed by atoms with Gasteiger partial charge in [0.05, 0.1) is 6.54 Å². The summed E-state index contributed by atoms with van der Waals surface area (Å²) < 4.78 is 10.5. The van der Waals surface area contributed by atoms with E-state index in [1.54, 1.807) is 33.2 Å². The highest BCUT2D eigenvalue weighted by Gasteiger charge is 2.15. The molecule has 19 heavy (non-hydrogen) atoms. The Kier molecular flexibility index (Phi) is 5.57. The van der Waals surface area contributed by atoms with Gasteiger partial charge in [0.15, 0.2) is 5.76 Å². The first-order chi connectivity index (χ1) is 8.95. The summed E-state index contributed by atoms with van der Waals surface area (Å²) in [7, 11) is 3.30. The Balaban J connectivity index is 2.51. The van der Waals surface area contributed by atoms with Gasteiger partial charge >= 0.3 is 0 Å². The molecule has 0 aromatic carbocycles. The van der Waals surface area contributed by atoms with Crippen LogP contribution in [0.15, 0.2) is 16.5 Å². The van der Waals surface area contributed by atoms with Crippen LogP contribution in [-0.4, -0.2) is 43.5 Å². The van der Waals surface area contributed by atoms with E-state index >= 15 is 0 Å². The van der Waals surface area contributed by atoms with Gasteiger partial charge in [-0.25, -0.2) is 0 Å². The molecule has 1 rings (SSSR count). The fraction of sp³-hybridized carbons (Fsp3) is 0.538. The molecule has 2 amide bonds. The van der Waals surface area contributed by atoms with E-state index in [4.69, 9.17) is 9.15 Å². The van der Waals surface area contributed by atoms with Crippen molar-refractivity contribution in [2.45, 2.75) is 26.5 Å². The highest BCUT2D eigenvalue weighted by molar-refractivity contribution is 5.91. The monoisotopic (exact) mass is 268 g/mol. The molecule has 106 valence electrons. The van der Waals surface area contributed by atoms with E-state index in [1.807, 2.05) is 6.92 Å². The average molecular weight is 268 g/mol. The first kappa shape index (κ1) is 15.2. The molecule has 0 unspecified atom stereocenters. The molecule has 6 heteroatoms. The van der Waals surface area contributed by atoms with Crippen LogP contribution in [0.5, 0.6) is 0 Å². The molecule has 0 spiro atoms. The summed E-state index contributed by atoms with van der Waals surface area (Å²) >= 11 is 0. The van der Waals surface area contributed by atoms with E-state index < -0.39 is 6.10 Å². The normalized spacial score (nSPS) is 12.0. The lowest BCUT2D eigenvalue weighted by Gasteiger charge is -2.11. The Morgan fingerprint density at radius 3 is 2.68 bits per heavy atom. The van der Waals surface area contributed by atoms with Gasteiger partial charge in [0.1, 0.15) is 11.9 Å². The highest BCUT2D eigenvalue weighted by Crippen LogP contribution is 2.09. The second-order valence-corrected chi connectivity index (χ2v) is 4.28. The lowest BCUT2D eigenvalue weighted by molar-refractivity contribution is -0.131. The Hall–Kier alpha value is -1.82. The van der Waals surface area contributed by atoms with E-state index in [-0.39, 0.29) is 24.1 Å². The predicted octanol–water partition coefficient (Wildman–Crippen LogP) is 1.02. The number of hydrogen-bond acceptors (Lipinski definition) is 4. The number of ether oxygens (including phenoxy) is 1. The molecule has 1 heterocycles. The topological polar surface area (TPSA) is 71.8 Å². The highest BCUT2D eigenvalue weighted by atomic mass is 16.5. The average Bonchev–Trinajstić information content (AvgIpc) is 2.83. The molecule has 0 radical (unpaired) electrons. The minimum atomic E-state index is -0.497. The Morgan fingerprint density at radius 1 is 1.42 bits per heavy atom. The van der Waals surface area contributed by atoms with Crippen molar-refractivity contribution in [1.29, 1.82) is 0 Å². The molecule has 1 atom stereocenters. The summed E-state index contributed by atoms with van der Waals surface area (Å²) in [6.45, 7) is 4.23. The number of hydrogen-bond donors (Lipinski definition) is 1. The van der Waals surface area contributed by atoms with Crippen molar-refractivity contribution in [2.75, 3.05) is 20.7 Å². The molecule has 0 aliphatic carbocycles. The van der Waals surface area contributed by atoms with E-state index in [9.17, 15) is 9.59 Å². The van der Waals surface area contributed by atoms with Crippen LogP contribution in [0.4, 0.5) is 0 Å². The number of amides is 2. The van der Waals surface area contributed by atoms with Gasteiger partial charge in [-0.3, -0.25) is 9.59 Å². The number of nitrogens with one attached hydrogen (secondary N) is 1. The number of carbonyl (C=O) groups is 2. The van der Waals surface area contributed by atoms with Gasteiger partial charge in [-0.1, -0.05) is 0 Å². The second kappa shape index (κ2) is 6.94. The van der Waals surface area contributed by atoms with Crippen molar-refractivity contribution < 1.29 is 18.7 Å². The number of rotatable bonds is 6. The van der Waals surface area contributed by atoms with E-state index in [0.717, 1.165) is 0 Å². The zero-order valence-electron chi connectivity index (χ0n) is 11.7. The van der Waals surface area contributed by atoms with Crippen LogP contribution >= 0.6 is 0 Å². The maximum Gasteiger partial charge on any atom is 0.289 e. The SMILES string of the molecule is CCO[C@H](C)C(=O)NCc1ccc(C(=O)N(C)C)o1. The predicted molar refractivity (Wildman–Crippen MR) is 69.7 cm³/mol. The van der Waals surface area contributed by atoms with E-state index in [2.05, 4.69) is 5.32 Å². The standard InChI is InChI=1S/C13H20N2O4/c1-5-18-9(2)12(16)14-8-10-6-7-11(19-10)13(17)15(3)4/h6-7,9H,5,8H2,1-4H3,(H,14,16)/t9-/m1/s1. The maximum atomic E-state index is 11.6. The summed E-state index contributed by atoms with van der Waals surface area (Å²) in [5.41, 5.74) is 0. The third-order valence-corrected chi connectivity index (χ3v) is 2.50. The number of furan rings is 1. The number of nitrogens with zero attached hydrogens (tertiary/aromatic N) is 1. The molecule has 0 fully saturated rings. The van der Waals surface area contributed by atoms with Crippen LogP contribution in [0.2, 0.25) is 0 Å². The Labute approximate surface area is 112 Å². The van der Waals surface area contributed by atoms with Gasteiger partial charge in [0, 0.05) is 20.7 Å². The molecule has 0 aliphatic heterocycles. The van der Waals surface area contributed by atoms with Crippen molar-refractivity contribution in [3.8, 4) is 0 Å². The smallest absolute Gasteiger partial charge is 0.289 e. The summed E-state index contributed by atoms with van der Waals surface area (Å²) in [5, 5.41) is 2.68. The quantitative estimate of drug-likeness (QED) is 0.836. The number of carbonyl (C=O) groups excluding carboxylic acids is 2. The Morgan fingerprint density at radius 2 is 2.11 bits per heavy atom. The molecule has 1 aromatic heterocycles. The second-order valence-electron chi connectivity index (χ2n) is 4.28. The van der Waals surface area contributed by atoms with Crippen molar-refractivity contribution >= 4 is 11.8 Å². The first-order valence-corrected chi connectivity index (χ1v) is 6.15. The zero-order chi connectivity index (χ0) is 14.4. The summed E-state index contributed by atoms with van der Waals surface area (Å²) in [6.07, 6.45) is -0.497. The van der Waals surface area contributed by atoms with Crippen LogP contribution < -0.4 is 5.32 Å². The van der Waals surface area contributed by atoms with Crippen LogP contribution in [0.1, 0.15) is 30.2 Å². The largest absolute Gasteiger partial charge is 0.454 e. The molecular formula is C13H20N2O4. The molecule has 0 bridgehead atoms. The van der Waals surface area contributed by atoms with Gasteiger partial charge in [-0.05, 0) is 26.0 Å². The molecule has 0 saturated heterocycles. The summed E-state index contributed by atoms with van der Waals surface area (Å²) in [5.74, 6) is 0.369. The van der Waals surface area contributed by atoms with Crippen molar-refractivity contribution in [2.24, 2.45) is 0 Å². The van der Waals surface area contributed by atoms with Crippen LogP contribution in [-0.2, 0) is 16.1 Å². The fourth-order valence-corrected chi connectivity index (χ4v) is 1.45. The van der Waals surface area contributed by atoms with E-state index in [1.165, 1.54) is 4.90 Å². The van der Waals surface area contributed by atoms with Gasteiger partial charge in [-0.15, -0.1) is 0 Å². The van der Waals surface area contributed by atoms with Crippen LogP contribution in [0.25, 0.3) is 0 Å². The third-order valence-electron chi connectivity index (χ3n) is 2.50. The lowest BCUT2D eigenvalue weighted by atomic mass is 10.3. The summed E-state index contributed by atoms with van der Waals surface area (Å²) in [4.78, 5) is 24.6. The third kappa shape index (κ3) is 4.40. The molecule has 1 N–H and O–H groups in total. The van der Waals surface area contributed by atoms with Crippen molar-refractivity contribution in [3.63, 3.8) is 0 Å². The molecule has 1 aromatic rings. The van der Waals surface area contributed by atoms with Gasteiger partial charge < -0.3 is 19.4 Å². The van der Waals surface area contributed by atoms with Crippen LogP contribution in [0, 0.1) is 0 Å². The van der Waals surface area contributed by atoms with E-state index in [0.29, 0.717) is 12.4 Å². The minimum Gasteiger partial charge on any atom is -0.454 e. The molecule has 0 saturated carbocycles. The van der Waals surface area contributed by atoms with Crippen molar-refractivity contribution in [3.05, 3.63) is 23.7 Å². The molecular weight excluding hydrogens is 248 g/mol. The molecule has 0 aliphatic rings. The van der Waals surface area contributed by atoms with Gasteiger partial charge in [0.25, 0.3) is 5.91 Å². The maximum absolute atomic E-state index is 11.6. The van der Waals surface area contributed by atoms with Crippen molar-refractivity contribution in [1.82, 2.24) is 10.2 Å². The lowest BCUT2D eigenvalue weighted by Crippen LogP contribution is -2.33. The van der Waals surface area contributed by atoms with Gasteiger partial charge in [0.2, 0.25) is 5.91 Å². The first-order valence-electron chi connectivity index (χ1n) is 6.15. The zero-order valence-corrected chi connectivity index (χ0v) is 11.7.